The third-order valence-corrected chi connectivity index (χ3v) is 2.03. The molecule has 3 heteroatoms. The molecule has 0 aliphatic heterocycles. The predicted molar refractivity (Wildman–Crippen MR) is 45.1 cm³/mol. The molecule has 2 rings (SSSR count). The zero-order valence-corrected chi connectivity index (χ0v) is 7.14. The molecule has 0 spiro atoms. The van der Waals surface area contributed by atoms with E-state index in [4.69, 9.17) is 16.3 Å². The molecule has 1 aromatic rings. The van der Waals surface area contributed by atoms with Crippen LogP contribution in [0.15, 0.2) is 18.2 Å². The van der Waals surface area contributed by atoms with E-state index >= 15 is 0 Å². The lowest BCUT2D eigenvalue weighted by atomic mass is 10.3. The Morgan fingerprint density at radius 3 is 2.75 bits per heavy atom. The molecule has 1 saturated carbocycles. The van der Waals surface area contributed by atoms with Crippen molar-refractivity contribution in [3.05, 3.63) is 29.0 Å². The summed E-state index contributed by atoms with van der Waals surface area (Å²) < 4.78 is 18.3. The van der Waals surface area contributed by atoms with Crippen LogP contribution in [-0.2, 0) is 0 Å². The van der Waals surface area contributed by atoms with Gasteiger partial charge in [-0.25, -0.2) is 4.39 Å². The average molecular weight is 187 g/mol. The lowest BCUT2D eigenvalue weighted by molar-refractivity contribution is 0.288. The topological polar surface area (TPSA) is 9.23 Å². The molecule has 0 N–H and O–H groups in total. The summed E-state index contributed by atoms with van der Waals surface area (Å²) in [6, 6.07) is 4.55. The lowest BCUT2D eigenvalue weighted by Gasteiger charge is -2.06. The fourth-order valence-electron chi connectivity index (χ4n) is 0.948. The summed E-state index contributed by atoms with van der Waals surface area (Å²) in [6.07, 6.45) is 2.19. The minimum Gasteiger partial charge on any atom is -0.486 e. The van der Waals surface area contributed by atoms with Gasteiger partial charge in [-0.1, -0.05) is 17.7 Å². The maximum Gasteiger partial charge on any atom is 0.173 e. The largest absolute Gasteiger partial charge is 0.486 e. The van der Waals surface area contributed by atoms with Gasteiger partial charge in [0, 0.05) is 0 Å². The van der Waals surface area contributed by atoms with E-state index in [-0.39, 0.29) is 17.7 Å². The minimum absolute atomic E-state index is 0.180. The highest BCUT2D eigenvalue weighted by atomic mass is 35.5. The first-order chi connectivity index (χ1) is 5.77. The van der Waals surface area contributed by atoms with Crippen LogP contribution >= 0.6 is 11.6 Å². The third kappa shape index (κ3) is 1.53. The van der Waals surface area contributed by atoms with Gasteiger partial charge in [-0.15, -0.1) is 0 Å². The van der Waals surface area contributed by atoms with Crippen LogP contribution in [0.25, 0.3) is 0 Å². The van der Waals surface area contributed by atoms with E-state index in [9.17, 15) is 4.39 Å². The molecule has 0 radical (unpaired) electrons. The molecule has 64 valence electrons. The zero-order valence-electron chi connectivity index (χ0n) is 6.39. The Hall–Kier alpha value is -0.760. The monoisotopic (exact) mass is 186 g/mol. The van der Waals surface area contributed by atoms with Crippen LogP contribution in [0.2, 0.25) is 5.02 Å². The standard InChI is InChI=1S/C9H8ClFO/c10-7-2-1-3-8(11)9(7)12-6-4-5-6/h1-3,6H,4-5H2. The number of hydrogen-bond acceptors (Lipinski definition) is 1. The van der Waals surface area contributed by atoms with Crippen LogP contribution in [0, 0.1) is 5.82 Å². The molecule has 1 nitrogen and oxygen atoms in total. The Balaban J connectivity index is 2.26. The maximum atomic E-state index is 13.0. The third-order valence-electron chi connectivity index (χ3n) is 1.73. The normalized spacial score (nSPS) is 16.2. The van der Waals surface area contributed by atoms with E-state index in [1.165, 1.54) is 6.07 Å². The molecule has 0 aromatic heterocycles. The number of halogens is 2. The van der Waals surface area contributed by atoms with Crippen molar-refractivity contribution in [2.45, 2.75) is 18.9 Å². The molecule has 0 saturated heterocycles. The molecule has 1 aromatic carbocycles. The molecule has 1 fully saturated rings. The van der Waals surface area contributed by atoms with E-state index in [1.54, 1.807) is 12.1 Å². The Morgan fingerprint density at radius 2 is 2.17 bits per heavy atom. The number of benzene rings is 1. The second kappa shape index (κ2) is 2.94. The molecular formula is C9H8ClFO. The van der Waals surface area contributed by atoms with Gasteiger partial charge in [-0.3, -0.25) is 0 Å². The molecule has 0 heterocycles. The van der Waals surface area contributed by atoms with E-state index in [0.29, 0.717) is 5.02 Å². The van der Waals surface area contributed by atoms with E-state index in [2.05, 4.69) is 0 Å². The van der Waals surface area contributed by atoms with Crippen LogP contribution in [0.1, 0.15) is 12.8 Å². The van der Waals surface area contributed by atoms with Gasteiger partial charge in [-0.05, 0) is 25.0 Å². The summed E-state index contributed by atoms with van der Waals surface area (Å²) in [6.45, 7) is 0. The number of ether oxygens (including phenoxy) is 1. The number of para-hydroxylation sites is 1. The zero-order chi connectivity index (χ0) is 8.55. The fourth-order valence-corrected chi connectivity index (χ4v) is 1.16. The first-order valence-electron chi connectivity index (χ1n) is 3.88. The van der Waals surface area contributed by atoms with Crippen molar-refractivity contribution in [3.8, 4) is 5.75 Å². The van der Waals surface area contributed by atoms with Gasteiger partial charge in [0.05, 0.1) is 11.1 Å². The van der Waals surface area contributed by atoms with Crippen LogP contribution in [0.4, 0.5) is 4.39 Å². The molecule has 1 aliphatic rings. The van der Waals surface area contributed by atoms with Gasteiger partial charge in [0.2, 0.25) is 0 Å². The molecule has 0 bridgehead atoms. The smallest absolute Gasteiger partial charge is 0.173 e. The Bertz CT molecular complexity index is 276. The Morgan fingerprint density at radius 1 is 1.42 bits per heavy atom. The highest BCUT2D eigenvalue weighted by Gasteiger charge is 2.25. The fraction of sp³-hybridized carbons (Fsp3) is 0.333. The summed E-state index contributed by atoms with van der Waals surface area (Å²) >= 11 is 5.74. The van der Waals surface area contributed by atoms with Crippen molar-refractivity contribution in [1.82, 2.24) is 0 Å². The number of rotatable bonds is 2. The van der Waals surface area contributed by atoms with Gasteiger partial charge >= 0.3 is 0 Å². The molecule has 0 amide bonds. The van der Waals surface area contributed by atoms with Crippen molar-refractivity contribution >= 4 is 11.6 Å². The summed E-state index contributed by atoms with van der Waals surface area (Å²) in [5.74, 6) is -0.184. The first-order valence-corrected chi connectivity index (χ1v) is 4.26. The highest BCUT2D eigenvalue weighted by Crippen LogP contribution is 2.33. The SMILES string of the molecule is Fc1cccc(Cl)c1OC1CC1. The van der Waals surface area contributed by atoms with Crippen molar-refractivity contribution < 1.29 is 9.13 Å². The van der Waals surface area contributed by atoms with Crippen molar-refractivity contribution in [3.63, 3.8) is 0 Å². The summed E-state index contributed by atoms with van der Waals surface area (Å²) in [4.78, 5) is 0. The second-order valence-corrected chi connectivity index (χ2v) is 3.28. The second-order valence-electron chi connectivity index (χ2n) is 2.87. The van der Waals surface area contributed by atoms with Gasteiger partial charge in [0.15, 0.2) is 11.6 Å². The first kappa shape index (κ1) is 7.87. The molecular weight excluding hydrogens is 179 g/mol. The molecule has 0 unspecified atom stereocenters. The van der Waals surface area contributed by atoms with Crippen molar-refractivity contribution in [1.29, 1.82) is 0 Å². The van der Waals surface area contributed by atoms with Crippen LogP contribution in [-0.4, -0.2) is 6.10 Å². The van der Waals surface area contributed by atoms with Gasteiger partial charge in [0.25, 0.3) is 0 Å². The van der Waals surface area contributed by atoms with Crippen LogP contribution in [0.5, 0.6) is 5.75 Å². The number of hydrogen-bond donors (Lipinski definition) is 0. The molecule has 1 aliphatic carbocycles. The van der Waals surface area contributed by atoms with Gasteiger partial charge in [0.1, 0.15) is 0 Å². The van der Waals surface area contributed by atoms with Crippen molar-refractivity contribution in [2.75, 3.05) is 0 Å². The van der Waals surface area contributed by atoms with E-state index in [0.717, 1.165) is 12.8 Å². The van der Waals surface area contributed by atoms with E-state index in [1.807, 2.05) is 0 Å². The minimum atomic E-state index is -0.380. The predicted octanol–water partition coefficient (Wildman–Crippen LogP) is 3.02. The maximum absolute atomic E-state index is 13.0. The Labute approximate surface area is 75.1 Å². The molecule has 0 atom stereocenters. The highest BCUT2D eigenvalue weighted by molar-refractivity contribution is 6.32. The van der Waals surface area contributed by atoms with Crippen molar-refractivity contribution in [2.24, 2.45) is 0 Å². The summed E-state index contributed by atoms with van der Waals surface area (Å²) in [5, 5.41) is 0.349. The lowest BCUT2D eigenvalue weighted by Crippen LogP contribution is -1.98. The average Bonchev–Trinajstić information content (AvgIpc) is 2.80. The Kier molecular flexibility index (Phi) is 1.93. The van der Waals surface area contributed by atoms with Crippen LogP contribution in [0.3, 0.4) is 0 Å². The van der Waals surface area contributed by atoms with Gasteiger partial charge < -0.3 is 4.74 Å². The van der Waals surface area contributed by atoms with Gasteiger partial charge in [-0.2, -0.15) is 0 Å². The van der Waals surface area contributed by atoms with Crippen LogP contribution < -0.4 is 4.74 Å². The summed E-state index contributed by atoms with van der Waals surface area (Å²) in [5.41, 5.74) is 0. The summed E-state index contributed by atoms with van der Waals surface area (Å²) in [7, 11) is 0. The van der Waals surface area contributed by atoms with E-state index < -0.39 is 0 Å². The quantitative estimate of drug-likeness (QED) is 0.690. The molecule has 12 heavy (non-hydrogen) atoms.